The minimum Gasteiger partial charge on any atom is -0.396 e. The predicted octanol–water partition coefficient (Wildman–Crippen LogP) is 1.28. The molecule has 1 aromatic heterocycles. The van der Waals surface area contributed by atoms with E-state index in [1.165, 1.54) is 0 Å². The van der Waals surface area contributed by atoms with Gasteiger partial charge in [-0.3, -0.25) is 9.78 Å². The van der Waals surface area contributed by atoms with Gasteiger partial charge in [0.15, 0.2) is 0 Å². The number of nitrogens with two attached hydrogens (primary N) is 1. The number of amides is 1. The highest BCUT2D eigenvalue weighted by molar-refractivity contribution is 6.33. The summed E-state index contributed by atoms with van der Waals surface area (Å²) >= 11 is 6.14. The third-order valence-corrected chi connectivity index (χ3v) is 3.53. The van der Waals surface area contributed by atoms with Crippen LogP contribution in [0.5, 0.6) is 0 Å². The van der Waals surface area contributed by atoms with E-state index in [2.05, 4.69) is 15.2 Å². The number of hydrogen-bond donors (Lipinski definition) is 2. The van der Waals surface area contributed by atoms with Crippen molar-refractivity contribution in [3.63, 3.8) is 0 Å². The van der Waals surface area contributed by atoms with Crippen molar-refractivity contribution in [1.82, 2.24) is 10.3 Å². The Balaban J connectivity index is 2.21. The Labute approximate surface area is 111 Å². The number of nitrogens with zero attached hydrogens (tertiary/aromatic N) is 2. The number of carbonyl (C=O) groups is 1. The van der Waals surface area contributed by atoms with Crippen LogP contribution in [-0.4, -0.2) is 31.0 Å². The summed E-state index contributed by atoms with van der Waals surface area (Å²) in [7, 11) is 1.66. The summed E-state index contributed by atoms with van der Waals surface area (Å²) in [6, 6.07) is 0. The first kappa shape index (κ1) is 13.0. The van der Waals surface area contributed by atoms with Crippen molar-refractivity contribution in [3.8, 4) is 0 Å². The van der Waals surface area contributed by atoms with E-state index in [0.29, 0.717) is 17.3 Å². The molecule has 0 bridgehead atoms. The van der Waals surface area contributed by atoms with E-state index in [1.54, 1.807) is 19.4 Å². The highest BCUT2D eigenvalue weighted by Crippen LogP contribution is 2.33. The van der Waals surface area contributed by atoms with Gasteiger partial charge in [0.05, 0.1) is 28.5 Å². The van der Waals surface area contributed by atoms with Gasteiger partial charge in [0.2, 0.25) is 5.91 Å². The van der Waals surface area contributed by atoms with Gasteiger partial charge in [0.25, 0.3) is 0 Å². The maximum Gasteiger partial charge on any atom is 0.224 e. The lowest BCUT2D eigenvalue weighted by Gasteiger charge is -2.34. The summed E-state index contributed by atoms with van der Waals surface area (Å²) < 4.78 is 0. The molecule has 1 unspecified atom stereocenters. The number of rotatable bonds is 2. The molecule has 2 heterocycles. The molecule has 2 rings (SSSR count). The topological polar surface area (TPSA) is 71.2 Å². The molecule has 1 amide bonds. The number of piperidine rings is 1. The zero-order valence-corrected chi connectivity index (χ0v) is 11.1. The van der Waals surface area contributed by atoms with E-state index in [1.807, 2.05) is 0 Å². The monoisotopic (exact) mass is 268 g/mol. The SMILES string of the molecule is CNC(=O)C1CCCN(c2c(N)cncc2Cl)C1. The van der Waals surface area contributed by atoms with Crippen molar-refractivity contribution in [2.75, 3.05) is 30.8 Å². The van der Waals surface area contributed by atoms with Crippen LogP contribution in [0.4, 0.5) is 11.4 Å². The number of halogens is 1. The van der Waals surface area contributed by atoms with E-state index in [4.69, 9.17) is 17.3 Å². The van der Waals surface area contributed by atoms with Crippen LogP contribution >= 0.6 is 11.6 Å². The molecule has 98 valence electrons. The van der Waals surface area contributed by atoms with Crippen molar-refractivity contribution in [3.05, 3.63) is 17.4 Å². The molecular weight excluding hydrogens is 252 g/mol. The minimum atomic E-state index is -0.00705. The zero-order chi connectivity index (χ0) is 13.1. The Morgan fingerprint density at radius 3 is 3.06 bits per heavy atom. The first-order valence-electron chi connectivity index (χ1n) is 5.99. The molecule has 18 heavy (non-hydrogen) atoms. The fourth-order valence-corrected chi connectivity index (χ4v) is 2.66. The molecule has 0 radical (unpaired) electrons. The molecular formula is C12H17ClN4O. The quantitative estimate of drug-likeness (QED) is 0.848. The highest BCUT2D eigenvalue weighted by Gasteiger charge is 2.27. The highest BCUT2D eigenvalue weighted by atomic mass is 35.5. The van der Waals surface area contributed by atoms with Gasteiger partial charge in [0.1, 0.15) is 0 Å². The second-order valence-electron chi connectivity index (χ2n) is 4.46. The van der Waals surface area contributed by atoms with Gasteiger partial charge in [-0.15, -0.1) is 0 Å². The fraction of sp³-hybridized carbons (Fsp3) is 0.500. The van der Waals surface area contributed by atoms with Crippen LogP contribution in [0.3, 0.4) is 0 Å². The van der Waals surface area contributed by atoms with E-state index < -0.39 is 0 Å². The Bertz CT molecular complexity index is 431. The summed E-state index contributed by atoms with van der Waals surface area (Å²) in [5.41, 5.74) is 7.26. The Morgan fingerprint density at radius 2 is 2.39 bits per heavy atom. The molecule has 1 saturated heterocycles. The number of aromatic nitrogens is 1. The number of carbonyl (C=O) groups excluding carboxylic acids is 1. The van der Waals surface area contributed by atoms with Gasteiger partial charge >= 0.3 is 0 Å². The maximum absolute atomic E-state index is 11.7. The molecule has 0 saturated carbocycles. The smallest absolute Gasteiger partial charge is 0.224 e. The lowest BCUT2D eigenvalue weighted by molar-refractivity contribution is -0.124. The number of hydrogen-bond acceptors (Lipinski definition) is 4. The molecule has 1 fully saturated rings. The molecule has 1 aliphatic heterocycles. The molecule has 3 N–H and O–H groups in total. The van der Waals surface area contributed by atoms with E-state index in [-0.39, 0.29) is 11.8 Å². The Morgan fingerprint density at radius 1 is 1.61 bits per heavy atom. The lowest BCUT2D eigenvalue weighted by Crippen LogP contribution is -2.42. The first-order valence-corrected chi connectivity index (χ1v) is 6.36. The molecule has 0 spiro atoms. The van der Waals surface area contributed by atoms with Crippen molar-refractivity contribution in [2.24, 2.45) is 5.92 Å². The van der Waals surface area contributed by atoms with Crippen LogP contribution < -0.4 is 16.0 Å². The third kappa shape index (κ3) is 2.51. The van der Waals surface area contributed by atoms with Crippen LogP contribution in [0.15, 0.2) is 12.4 Å². The molecule has 1 aromatic rings. The van der Waals surface area contributed by atoms with Crippen molar-refractivity contribution >= 4 is 28.9 Å². The van der Waals surface area contributed by atoms with Gasteiger partial charge in [0, 0.05) is 26.3 Å². The number of nitrogens with one attached hydrogen (secondary N) is 1. The van der Waals surface area contributed by atoms with Gasteiger partial charge in [-0.1, -0.05) is 11.6 Å². The summed E-state index contributed by atoms with van der Waals surface area (Å²) in [5, 5.41) is 3.23. The van der Waals surface area contributed by atoms with Crippen molar-refractivity contribution in [1.29, 1.82) is 0 Å². The zero-order valence-electron chi connectivity index (χ0n) is 10.3. The van der Waals surface area contributed by atoms with Crippen LogP contribution in [-0.2, 0) is 4.79 Å². The molecule has 5 nitrogen and oxygen atoms in total. The summed E-state index contributed by atoms with van der Waals surface area (Å²) in [6.07, 6.45) is 5.02. The van der Waals surface area contributed by atoms with Crippen LogP contribution in [0.25, 0.3) is 0 Å². The normalized spacial score (nSPS) is 19.7. The molecule has 1 aliphatic rings. The number of anilines is 2. The third-order valence-electron chi connectivity index (χ3n) is 3.26. The van der Waals surface area contributed by atoms with Gasteiger partial charge in [-0.2, -0.15) is 0 Å². The first-order chi connectivity index (χ1) is 8.63. The Hall–Kier alpha value is -1.49. The summed E-state index contributed by atoms with van der Waals surface area (Å²) in [6.45, 7) is 1.51. The Kier molecular flexibility index (Phi) is 3.91. The summed E-state index contributed by atoms with van der Waals surface area (Å²) in [5.74, 6) is 0.0656. The van der Waals surface area contributed by atoms with Crippen molar-refractivity contribution < 1.29 is 4.79 Å². The van der Waals surface area contributed by atoms with Crippen LogP contribution in [0.2, 0.25) is 5.02 Å². The predicted molar refractivity (Wildman–Crippen MR) is 72.7 cm³/mol. The minimum absolute atomic E-state index is 0.00705. The summed E-state index contributed by atoms with van der Waals surface area (Å²) in [4.78, 5) is 17.7. The average molecular weight is 269 g/mol. The maximum atomic E-state index is 11.7. The standard InChI is InChI=1S/C12H17ClN4O/c1-15-12(18)8-3-2-4-17(7-8)11-9(13)5-16-6-10(11)14/h5-6,8H,2-4,7,14H2,1H3,(H,15,18). The molecule has 0 aliphatic carbocycles. The lowest BCUT2D eigenvalue weighted by atomic mass is 9.96. The van der Waals surface area contributed by atoms with Gasteiger partial charge in [-0.05, 0) is 12.8 Å². The van der Waals surface area contributed by atoms with Crippen LogP contribution in [0, 0.1) is 5.92 Å². The second kappa shape index (κ2) is 5.44. The van der Waals surface area contributed by atoms with Gasteiger partial charge < -0.3 is 16.0 Å². The van der Waals surface area contributed by atoms with Crippen molar-refractivity contribution in [2.45, 2.75) is 12.8 Å². The second-order valence-corrected chi connectivity index (χ2v) is 4.87. The van der Waals surface area contributed by atoms with Gasteiger partial charge in [-0.25, -0.2) is 0 Å². The van der Waals surface area contributed by atoms with E-state index >= 15 is 0 Å². The van der Waals surface area contributed by atoms with Crippen LogP contribution in [0.1, 0.15) is 12.8 Å². The molecule has 6 heteroatoms. The average Bonchev–Trinajstić information content (AvgIpc) is 2.38. The van der Waals surface area contributed by atoms with E-state index in [9.17, 15) is 4.79 Å². The molecule has 1 atom stereocenters. The number of nitrogen functional groups attached to an aromatic ring is 1. The number of pyridine rings is 1. The van der Waals surface area contributed by atoms with E-state index in [0.717, 1.165) is 25.1 Å². The molecule has 0 aromatic carbocycles. The largest absolute Gasteiger partial charge is 0.396 e. The fourth-order valence-electron chi connectivity index (χ4n) is 2.38.